The molecule has 0 atom stereocenters. The van der Waals surface area contributed by atoms with Crippen molar-refractivity contribution in [1.82, 2.24) is 9.29 Å². The molecule has 0 amide bonds. The molecule has 0 aliphatic carbocycles. The van der Waals surface area contributed by atoms with E-state index >= 15 is 0 Å². The number of nitrogens with zero attached hydrogens (tertiary/aromatic N) is 3. The van der Waals surface area contributed by atoms with E-state index in [1.165, 1.54) is 28.1 Å². The predicted molar refractivity (Wildman–Crippen MR) is 124 cm³/mol. The van der Waals surface area contributed by atoms with Gasteiger partial charge in [-0.05, 0) is 30.2 Å². The van der Waals surface area contributed by atoms with E-state index in [-0.39, 0.29) is 4.90 Å². The van der Waals surface area contributed by atoms with Crippen molar-refractivity contribution in [3.63, 3.8) is 0 Å². The summed E-state index contributed by atoms with van der Waals surface area (Å²) in [7, 11) is -3.64. The maximum Gasteiger partial charge on any atom is 0.243 e. The monoisotopic (exact) mass is 481 g/mol. The van der Waals surface area contributed by atoms with Gasteiger partial charge in [-0.3, -0.25) is 0 Å². The molecule has 0 bridgehead atoms. The second-order valence-electron chi connectivity index (χ2n) is 7.06. The van der Waals surface area contributed by atoms with Gasteiger partial charge in [-0.2, -0.15) is 4.31 Å². The van der Waals surface area contributed by atoms with Crippen molar-refractivity contribution in [3.05, 3.63) is 63.5 Å². The van der Waals surface area contributed by atoms with Gasteiger partial charge in [-0.1, -0.05) is 54.4 Å². The molecule has 4 rings (SSSR count). The van der Waals surface area contributed by atoms with Gasteiger partial charge in [-0.15, -0.1) is 11.3 Å². The number of sulfonamides is 1. The number of benzene rings is 2. The first-order valence-electron chi connectivity index (χ1n) is 9.63. The van der Waals surface area contributed by atoms with Gasteiger partial charge in [0.05, 0.1) is 10.6 Å². The van der Waals surface area contributed by atoms with Crippen LogP contribution in [0.1, 0.15) is 12.5 Å². The maximum atomic E-state index is 13.0. The molecule has 2 aromatic carbocycles. The summed E-state index contributed by atoms with van der Waals surface area (Å²) in [6, 6.07) is 12.8. The number of aryl methyl sites for hydroxylation is 1. The SMILES string of the molecule is CCc1ccc(-c2csc(N3CCN(S(=O)(=O)c4cc(Cl)cc(Cl)c4)CC3)n2)cc1. The van der Waals surface area contributed by atoms with Crippen LogP contribution in [-0.4, -0.2) is 43.9 Å². The number of halogens is 2. The third kappa shape index (κ3) is 4.50. The molecule has 5 nitrogen and oxygen atoms in total. The van der Waals surface area contributed by atoms with Crippen molar-refractivity contribution in [3.8, 4) is 11.3 Å². The Morgan fingerprint density at radius 2 is 1.63 bits per heavy atom. The fourth-order valence-corrected chi connectivity index (χ4v) is 6.44. The van der Waals surface area contributed by atoms with Crippen molar-refractivity contribution >= 4 is 49.7 Å². The quantitative estimate of drug-likeness (QED) is 0.502. The zero-order chi connectivity index (χ0) is 21.3. The third-order valence-corrected chi connectivity index (χ3v) is 8.35. The molecule has 0 radical (unpaired) electrons. The summed E-state index contributed by atoms with van der Waals surface area (Å²) >= 11 is 13.6. The van der Waals surface area contributed by atoms with Gasteiger partial charge >= 0.3 is 0 Å². The smallest absolute Gasteiger partial charge is 0.243 e. The van der Waals surface area contributed by atoms with Crippen LogP contribution in [0.15, 0.2) is 52.7 Å². The Hall–Kier alpha value is -1.64. The minimum absolute atomic E-state index is 0.125. The second kappa shape index (κ2) is 8.85. The highest BCUT2D eigenvalue weighted by atomic mass is 35.5. The summed E-state index contributed by atoms with van der Waals surface area (Å²) in [5, 5.41) is 3.57. The predicted octanol–water partition coefficient (Wildman–Crippen LogP) is 5.19. The molecule has 9 heteroatoms. The van der Waals surface area contributed by atoms with E-state index in [0.29, 0.717) is 36.2 Å². The average molecular weight is 482 g/mol. The van der Waals surface area contributed by atoms with Gasteiger partial charge < -0.3 is 4.90 Å². The lowest BCUT2D eigenvalue weighted by molar-refractivity contribution is 0.385. The van der Waals surface area contributed by atoms with E-state index in [1.807, 2.05) is 5.38 Å². The van der Waals surface area contributed by atoms with Gasteiger partial charge in [0.25, 0.3) is 0 Å². The van der Waals surface area contributed by atoms with E-state index in [0.717, 1.165) is 22.8 Å². The first-order valence-corrected chi connectivity index (χ1v) is 12.7. The van der Waals surface area contributed by atoms with Crippen molar-refractivity contribution < 1.29 is 8.42 Å². The van der Waals surface area contributed by atoms with Crippen LogP contribution < -0.4 is 4.90 Å². The zero-order valence-electron chi connectivity index (χ0n) is 16.4. The highest BCUT2D eigenvalue weighted by Gasteiger charge is 2.30. The van der Waals surface area contributed by atoms with Crippen LogP contribution in [0.5, 0.6) is 0 Å². The number of piperazine rings is 1. The Bertz CT molecular complexity index is 1120. The Labute approximate surface area is 190 Å². The van der Waals surface area contributed by atoms with E-state index in [1.54, 1.807) is 11.3 Å². The maximum absolute atomic E-state index is 13.0. The Balaban J connectivity index is 1.45. The molecule has 1 aliphatic rings. The molecule has 158 valence electrons. The number of thiazole rings is 1. The Morgan fingerprint density at radius 3 is 2.23 bits per heavy atom. The number of aromatic nitrogens is 1. The molecular weight excluding hydrogens is 461 g/mol. The second-order valence-corrected chi connectivity index (χ2v) is 10.7. The number of hydrogen-bond acceptors (Lipinski definition) is 5. The van der Waals surface area contributed by atoms with Crippen LogP contribution in [-0.2, 0) is 16.4 Å². The van der Waals surface area contributed by atoms with Crippen LogP contribution in [0.3, 0.4) is 0 Å². The average Bonchev–Trinajstić information content (AvgIpc) is 3.23. The fourth-order valence-electron chi connectivity index (χ4n) is 3.40. The molecule has 0 saturated carbocycles. The van der Waals surface area contributed by atoms with Crippen molar-refractivity contribution in [2.24, 2.45) is 0 Å². The van der Waals surface area contributed by atoms with Crippen molar-refractivity contribution in [2.75, 3.05) is 31.1 Å². The van der Waals surface area contributed by atoms with Gasteiger partial charge in [0.15, 0.2) is 5.13 Å². The molecule has 1 aliphatic heterocycles. The molecule has 0 spiro atoms. The van der Waals surface area contributed by atoms with Crippen LogP contribution in [0, 0.1) is 0 Å². The summed E-state index contributed by atoms with van der Waals surface area (Å²) in [5.74, 6) is 0. The summed E-state index contributed by atoms with van der Waals surface area (Å²) in [5.41, 5.74) is 3.34. The molecule has 1 aromatic heterocycles. The highest BCUT2D eigenvalue weighted by Crippen LogP contribution is 2.30. The van der Waals surface area contributed by atoms with Gasteiger partial charge in [-0.25, -0.2) is 13.4 Å². The Morgan fingerprint density at radius 1 is 1.00 bits per heavy atom. The molecule has 1 fully saturated rings. The van der Waals surface area contributed by atoms with Gasteiger partial charge in [0, 0.05) is 47.2 Å². The Kier molecular flexibility index (Phi) is 6.36. The largest absolute Gasteiger partial charge is 0.345 e. The van der Waals surface area contributed by atoms with E-state index in [9.17, 15) is 8.42 Å². The molecular formula is C21H21Cl2N3O2S2. The molecule has 0 N–H and O–H groups in total. The normalized spacial score (nSPS) is 15.5. The summed E-state index contributed by atoms with van der Waals surface area (Å²) in [6.07, 6.45) is 1.01. The minimum atomic E-state index is -3.64. The highest BCUT2D eigenvalue weighted by molar-refractivity contribution is 7.89. The van der Waals surface area contributed by atoms with Crippen LogP contribution >= 0.6 is 34.5 Å². The lowest BCUT2D eigenvalue weighted by Crippen LogP contribution is -2.48. The van der Waals surface area contributed by atoms with Gasteiger partial charge in [0.2, 0.25) is 10.0 Å². The standard InChI is InChI=1S/C21H21Cl2N3O2S2/c1-2-15-3-5-16(6-4-15)20-14-29-21(24-20)25-7-9-26(10-8-25)30(27,28)19-12-17(22)11-18(23)13-19/h3-6,11-14H,2,7-10H2,1H3. The molecule has 0 unspecified atom stereocenters. The topological polar surface area (TPSA) is 53.5 Å². The number of anilines is 1. The van der Waals surface area contributed by atoms with Gasteiger partial charge in [0.1, 0.15) is 0 Å². The number of rotatable bonds is 5. The number of hydrogen-bond donors (Lipinski definition) is 0. The fraction of sp³-hybridized carbons (Fsp3) is 0.286. The van der Waals surface area contributed by atoms with E-state index in [4.69, 9.17) is 28.2 Å². The summed E-state index contributed by atoms with van der Waals surface area (Å²) < 4.78 is 27.4. The molecule has 3 aromatic rings. The van der Waals surface area contributed by atoms with E-state index < -0.39 is 10.0 Å². The molecule has 30 heavy (non-hydrogen) atoms. The third-order valence-electron chi connectivity index (χ3n) is 5.13. The van der Waals surface area contributed by atoms with Crippen LogP contribution in [0.4, 0.5) is 5.13 Å². The lowest BCUT2D eigenvalue weighted by Gasteiger charge is -2.33. The summed E-state index contributed by atoms with van der Waals surface area (Å²) in [4.78, 5) is 7.03. The lowest BCUT2D eigenvalue weighted by atomic mass is 10.1. The minimum Gasteiger partial charge on any atom is -0.345 e. The van der Waals surface area contributed by atoms with Crippen LogP contribution in [0.2, 0.25) is 10.0 Å². The molecule has 1 saturated heterocycles. The van der Waals surface area contributed by atoms with Crippen LogP contribution in [0.25, 0.3) is 11.3 Å². The van der Waals surface area contributed by atoms with Crippen molar-refractivity contribution in [2.45, 2.75) is 18.2 Å². The summed E-state index contributed by atoms with van der Waals surface area (Å²) in [6.45, 7) is 4.06. The molecule has 2 heterocycles. The van der Waals surface area contributed by atoms with Crippen molar-refractivity contribution in [1.29, 1.82) is 0 Å². The zero-order valence-corrected chi connectivity index (χ0v) is 19.5. The van der Waals surface area contributed by atoms with E-state index in [2.05, 4.69) is 36.1 Å². The first-order chi connectivity index (χ1) is 14.4. The first kappa shape index (κ1) is 21.6.